The molecule has 0 aromatic heterocycles. The van der Waals surface area contributed by atoms with Crippen molar-refractivity contribution in [1.29, 1.82) is 0 Å². The van der Waals surface area contributed by atoms with Crippen LogP contribution in [0.1, 0.15) is 5.56 Å². The van der Waals surface area contributed by atoms with Gasteiger partial charge in [-0.25, -0.2) is 4.99 Å². The second kappa shape index (κ2) is 8.71. The minimum atomic E-state index is -0.235. The van der Waals surface area contributed by atoms with Crippen molar-refractivity contribution in [2.24, 2.45) is 4.99 Å². The van der Waals surface area contributed by atoms with Crippen LogP contribution in [0.15, 0.2) is 46.3 Å². The molecule has 0 spiro atoms. The number of carbonyl (C=O) groups excluding carboxylic acids is 1. The number of thioether (sulfide) groups is 1. The molecule has 28 heavy (non-hydrogen) atoms. The number of rotatable bonds is 6. The van der Waals surface area contributed by atoms with Crippen LogP contribution < -0.4 is 24.3 Å². The normalized spacial score (nSPS) is 16.2. The van der Waals surface area contributed by atoms with E-state index >= 15 is 0 Å². The van der Waals surface area contributed by atoms with Gasteiger partial charge in [0, 0.05) is 11.6 Å². The first-order valence-corrected chi connectivity index (χ1v) is 9.13. The summed E-state index contributed by atoms with van der Waals surface area (Å²) in [7, 11) is 6.30. The van der Waals surface area contributed by atoms with Gasteiger partial charge < -0.3 is 24.3 Å². The van der Waals surface area contributed by atoms with Crippen LogP contribution >= 0.6 is 11.8 Å². The largest absolute Gasteiger partial charge is 0.497 e. The highest BCUT2D eigenvalue weighted by atomic mass is 32.2. The lowest BCUT2D eigenvalue weighted by atomic mass is 10.1. The number of amides is 1. The molecule has 1 N–H and O–H groups in total. The molecule has 0 atom stereocenters. The van der Waals surface area contributed by atoms with Crippen molar-refractivity contribution in [2.45, 2.75) is 0 Å². The fourth-order valence-electron chi connectivity index (χ4n) is 2.56. The van der Waals surface area contributed by atoms with Crippen LogP contribution in [0.3, 0.4) is 0 Å². The monoisotopic (exact) mass is 400 g/mol. The van der Waals surface area contributed by atoms with Crippen molar-refractivity contribution in [2.75, 3.05) is 28.4 Å². The molecule has 2 aromatic rings. The van der Waals surface area contributed by atoms with Gasteiger partial charge in [-0.3, -0.25) is 4.79 Å². The molecule has 8 heteroatoms. The molecule has 1 fully saturated rings. The Hall–Kier alpha value is -3.13. The summed E-state index contributed by atoms with van der Waals surface area (Å²) in [6, 6.07) is 10.7. The minimum absolute atomic E-state index is 0.235. The molecule has 3 rings (SSSR count). The zero-order valence-corrected chi connectivity index (χ0v) is 16.8. The van der Waals surface area contributed by atoms with Crippen LogP contribution in [0.4, 0.5) is 5.69 Å². The lowest BCUT2D eigenvalue weighted by molar-refractivity contribution is -0.115. The quantitative estimate of drug-likeness (QED) is 0.747. The fraction of sp³-hybridized carbons (Fsp3) is 0.200. The highest BCUT2D eigenvalue weighted by Crippen LogP contribution is 2.35. The van der Waals surface area contributed by atoms with Crippen molar-refractivity contribution >= 4 is 34.6 Å². The van der Waals surface area contributed by atoms with E-state index in [1.165, 1.54) is 11.8 Å². The molecule has 0 radical (unpaired) electrons. The Morgan fingerprint density at radius 1 is 0.893 bits per heavy atom. The highest BCUT2D eigenvalue weighted by Gasteiger charge is 2.25. The summed E-state index contributed by atoms with van der Waals surface area (Å²) in [5.74, 6) is 2.29. The van der Waals surface area contributed by atoms with Gasteiger partial charge in [0.15, 0.2) is 5.17 Å². The van der Waals surface area contributed by atoms with Gasteiger partial charge in [0.05, 0.1) is 33.3 Å². The van der Waals surface area contributed by atoms with E-state index in [0.717, 1.165) is 5.56 Å². The summed E-state index contributed by atoms with van der Waals surface area (Å²) in [6.07, 6.45) is 1.75. The number of hydrogen-bond acceptors (Lipinski definition) is 7. The van der Waals surface area contributed by atoms with Crippen LogP contribution in [0.2, 0.25) is 0 Å². The maximum atomic E-state index is 12.4. The van der Waals surface area contributed by atoms with E-state index in [-0.39, 0.29) is 5.91 Å². The molecule has 146 valence electrons. The third kappa shape index (κ3) is 4.23. The van der Waals surface area contributed by atoms with E-state index in [9.17, 15) is 4.79 Å². The number of nitrogens with zero attached hydrogens (tertiary/aromatic N) is 1. The second-order valence-corrected chi connectivity index (χ2v) is 6.66. The predicted octanol–water partition coefficient (Wildman–Crippen LogP) is 3.61. The Kier molecular flexibility index (Phi) is 6.10. The number of nitrogens with one attached hydrogen (secondary N) is 1. The fourth-order valence-corrected chi connectivity index (χ4v) is 3.39. The Morgan fingerprint density at radius 2 is 1.57 bits per heavy atom. The van der Waals surface area contributed by atoms with Crippen molar-refractivity contribution in [3.05, 3.63) is 46.9 Å². The van der Waals surface area contributed by atoms with E-state index in [1.54, 1.807) is 70.9 Å². The molecule has 1 aliphatic heterocycles. The van der Waals surface area contributed by atoms with Gasteiger partial charge in [0.25, 0.3) is 5.91 Å². The van der Waals surface area contributed by atoms with Crippen LogP contribution in [-0.2, 0) is 4.79 Å². The summed E-state index contributed by atoms with van der Waals surface area (Å²) in [5.41, 5.74) is 1.33. The van der Waals surface area contributed by atoms with Crippen molar-refractivity contribution < 1.29 is 23.7 Å². The highest BCUT2D eigenvalue weighted by molar-refractivity contribution is 8.18. The Morgan fingerprint density at radius 3 is 2.25 bits per heavy atom. The average molecular weight is 400 g/mol. The second-order valence-electron chi connectivity index (χ2n) is 5.63. The molecule has 0 saturated carbocycles. The molecular weight excluding hydrogens is 380 g/mol. The molecule has 1 amide bonds. The number of benzene rings is 2. The van der Waals surface area contributed by atoms with E-state index < -0.39 is 0 Å². The lowest BCUT2D eigenvalue weighted by Gasteiger charge is -2.07. The number of amidine groups is 1. The summed E-state index contributed by atoms with van der Waals surface area (Å²) < 4.78 is 21.2. The first kappa shape index (κ1) is 19.6. The molecule has 0 bridgehead atoms. The summed E-state index contributed by atoms with van der Waals surface area (Å²) >= 11 is 1.24. The zero-order valence-electron chi connectivity index (χ0n) is 15.9. The molecule has 1 saturated heterocycles. The third-order valence-corrected chi connectivity index (χ3v) is 4.89. The van der Waals surface area contributed by atoms with Gasteiger partial charge >= 0.3 is 0 Å². The van der Waals surface area contributed by atoms with Crippen LogP contribution in [0, 0.1) is 0 Å². The van der Waals surface area contributed by atoms with Gasteiger partial charge in [0.1, 0.15) is 28.7 Å². The maximum Gasteiger partial charge on any atom is 0.264 e. The topological polar surface area (TPSA) is 78.4 Å². The third-order valence-electron chi connectivity index (χ3n) is 3.98. The Labute approximate surface area is 167 Å². The first-order valence-electron chi connectivity index (χ1n) is 8.31. The van der Waals surface area contributed by atoms with E-state index in [2.05, 4.69) is 10.3 Å². The molecule has 2 aromatic carbocycles. The van der Waals surface area contributed by atoms with Gasteiger partial charge in [0.2, 0.25) is 0 Å². The predicted molar refractivity (Wildman–Crippen MR) is 110 cm³/mol. The summed E-state index contributed by atoms with van der Waals surface area (Å²) in [5, 5.41) is 3.23. The number of methoxy groups -OCH3 is 4. The standard InChI is InChI=1S/C20H20N2O5S/c1-24-13-6-8-16(26-3)12(9-13)10-18-19(23)22-20(28-18)21-15-7-5-14(25-2)11-17(15)27-4/h5-11H,1-4H3,(H,21,22,23). The van der Waals surface area contributed by atoms with Gasteiger partial charge in [-0.2, -0.15) is 0 Å². The van der Waals surface area contributed by atoms with Gasteiger partial charge in [-0.1, -0.05) is 0 Å². The van der Waals surface area contributed by atoms with Crippen LogP contribution in [0.5, 0.6) is 23.0 Å². The smallest absolute Gasteiger partial charge is 0.264 e. The molecule has 7 nitrogen and oxygen atoms in total. The van der Waals surface area contributed by atoms with Gasteiger partial charge in [-0.05, 0) is 48.2 Å². The van der Waals surface area contributed by atoms with Crippen molar-refractivity contribution in [3.63, 3.8) is 0 Å². The van der Waals surface area contributed by atoms with Gasteiger partial charge in [-0.15, -0.1) is 0 Å². The van der Waals surface area contributed by atoms with Crippen molar-refractivity contribution in [1.82, 2.24) is 5.32 Å². The molecule has 0 aliphatic carbocycles. The first-order chi connectivity index (χ1) is 13.6. The minimum Gasteiger partial charge on any atom is -0.497 e. The Balaban J connectivity index is 1.90. The molecule has 1 heterocycles. The molecular formula is C20H20N2O5S. The number of aliphatic imine (C=N–C) groups is 1. The van der Waals surface area contributed by atoms with E-state index in [4.69, 9.17) is 18.9 Å². The SMILES string of the molecule is COc1ccc(OC)c(C=C2SC(=Nc3ccc(OC)cc3OC)NC2=O)c1. The van der Waals surface area contributed by atoms with E-state index in [1.807, 2.05) is 0 Å². The number of carbonyl (C=O) groups is 1. The number of hydrogen-bond donors (Lipinski definition) is 1. The van der Waals surface area contributed by atoms with E-state index in [0.29, 0.717) is 38.8 Å². The zero-order chi connectivity index (χ0) is 20.1. The van der Waals surface area contributed by atoms with Crippen LogP contribution in [0.25, 0.3) is 6.08 Å². The average Bonchev–Trinajstić information content (AvgIpc) is 3.06. The molecule has 1 aliphatic rings. The van der Waals surface area contributed by atoms with Crippen LogP contribution in [-0.4, -0.2) is 39.5 Å². The summed E-state index contributed by atoms with van der Waals surface area (Å²) in [4.78, 5) is 17.4. The summed E-state index contributed by atoms with van der Waals surface area (Å²) in [6.45, 7) is 0. The lowest BCUT2D eigenvalue weighted by Crippen LogP contribution is -2.19. The number of ether oxygens (including phenoxy) is 4. The Bertz CT molecular complexity index is 956. The maximum absolute atomic E-state index is 12.4. The molecule has 0 unspecified atom stereocenters. The van der Waals surface area contributed by atoms with Crippen molar-refractivity contribution in [3.8, 4) is 23.0 Å².